The number of benzene rings is 2. The van der Waals surface area contributed by atoms with Crippen LogP contribution < -0.4 is 14.8 Å². The number of rotatable bonds is 6. The van der Waals surface area contributed by atoms with Crippen molar-refractivity contribution in [2.24, 2.45) is 0 Å². The molecule has 1 atom stereocenters. The molecule has 1 unspecified atom stereocenters. The molecule has 1 amide bonds. The molecule has 0 aliphatic heterocycles. The van der Waals surface area contributed by atoms with E-state index in [0.29, 0.717) is 34.9 Å². The zero-order valence-electron chi connectivity index (χ0n) is 16.1. The van der Waals surface area contributed by atoms with Gasteiger partial charge in [-0.2, -0.15) is 0 Å². The third-order valence-corrected chi connectivity index (χ3v) is 5.05. The molecule has 3 aromatic rings. The van der Waals surface area contributed by atoms with E-state index in [9.17, 15) is 9.59 Å². The van der Waals surface area contributed by atoms with Crippen LogP contribution in [0.5, 0.6) is 11.5 Å². The van der Waals surface area contributed by atoms with Gasteiger partial charge in [0.2, 0.25) is 5.91 Å². The second kappa shape index (κ2) is 7.79. The Bertz CT molecular complexity index is 1060. The van der Waals surface area contributed by atoms with Gasteiger partial charge < -0.3 is 19.2 Å². The van der Waals surface area contributed by atoms with Gasteiger partial charge in [0, 0.05) is 36.1 Å². The van der Waals surface area contributed by atoms with E-state index in [-0.39, 0.29) is 24.0 Å². The largest absolute Gasteiger partial charge is 0.497 e. The van der Waals surface area contributed by atoms with Crippen LogP contribution >= 0.6 is 0 Å². The van der Waals surface area contributed by atoms with E-state index in [1.807, 2.05) is 6.07 Å². The number of fused-ring (bicyclic) bond motifs is 1. The van der Waals surface area contributed by atoms with Crippen LogP contribution in [0, 0.1) is 0 Å². The lowest BCUT2D eigenvalue weighted by molar-refractivity contribution is -0.116. The number of anilines is 1. The molecule has 0 spiro atoms. The summed E-state index contributed by atoms with van der Waals surface area (Å²) in [5, 5.41) is 2.88. The van der Waals surface area contributed by atoms with Crippen molar-refractivity contribution in [3.63, 3.8) is 0 Å². The first-order valence-electron chi connectivity index (χ1n) is 9.17. The minimum atomic E-state index is -0.173. The SMILES string of the molecule is COc1ccc2c(c1)C(CC(=O)Nc1ccc(-c3cnco3)c(OC)c1)CC2=O. The number of hydrogen-bond donors (Lipinski definition) is 1. The quantitative estimate of drug-likeness (QED) is 0.680. The van der Waals surface area contributed by atoms with Gasteiger partial charge in [0.25, 0.3) is 0 Å². The Labute approximate surface area is 167 Å². The zero-order valence-corrected chi connectivity index (χ0v) is 16.1. The first-order chi connectivity index (χ1) is 14.1. The standard InChI is InChI=1S/C22H20N2O5/c1-27-15-4-6-16-18(10-15)13(7-19(16)25)8-22(26)24-14-3-5-17(20(9-14)28-2)21-11-23-12-29-21/h3-6,9-13H,7-8H2,1-2H3,(H,24,26). The van der Waals surface area contributed by atoms with Gasteiger partial charge in [-0.1, -0.05) is 0 Å². The molecule has 7 nitrogen and oxygen atoms in total. The number of ketones is 1. The van der Waals surface area contributed by atoms with Crippen LogP contribution in [0.1, 0.15) is 34.7 Å². The summed E-state index contributed by atoms with van der Waals surface area (Å²) >= 11 is 0. The molecule has 0 saturated heterocycles. The number of nitrogens with one attached hydrogen (secondary N) is 1. The van der Waals surface area contributed by atoms with Gasteiger partial charge in [-0.15, -0.1) is 0 Å². The van der Waals surface area contributed by atoms with E-state index < -0.39 is 0 Å². The fourth-order valence-electron chi connectivity index (χ4n) is 3.64. The highest BCUT2D eigenvalue weighted by molar-refractivity contribution is 6.02. The van der Waals surface area contributed by atoms with Crippen LogP contribution in [0.15, 0.2) is 53.4 Å². The van der Waals surface area contributed by atoms with E-state index in [1.54, 1.807) is 50.7 Å². The molecular weight excluding hydrogens is 372 g/mol. The summed E-state index contributed by atoms with van der Waals surface area (Å²) in [4.78, 5) is 28.8. The molecule has 1 aliphatic rings. The monoisotopic (exact) mass is 392 g/mol. The first-order valence-corrected chi connectivity index (χ1v) is 9.17. The Morgan fingerprint density at radius 3 is 2.72 bits per heavy atom. The van der Waals surface area contributed by atoms with Crippen molar-refractivity contribution >= 4 is 17.4 Å². The van der Waals surface area contributed by atoms with Gasteiger partial charge in [0.15, 0.2) is 17.9 Å². The number of Topliss-reactive ketones (excluding diaryl/α,β-unsaturated/α-hetero) is 1. The Morgan fingerprint density at radius 2 is 2.00 bits per heavy atom. The van der Waals surface area contributed by atoms with E-state index in [0.717, 1.165) is 11.1 Å². The molecule has 1 N–H and O–H groups in total. The lowest BCUT2D eigenvalue weighted by Gasteiger charge is -2.13. The Hall–Kier alpha value is -3.61. The van der Waals surface area contributed by atoms with Crippen LogP contribution in [0.3, 0.4) is 0 Å². The summed E-state index contributed by atoms with van der Waals surface area (Å²) in [6.45, 7) is 0. The molecule has 29 heavy (non-hydrogen) atoms. The fraction of sp³-hybridized carbons (Fsp3) is 0.227. The maximum Gasteiger partial charge on any atom is 0.225 e. The third-order valence-electron chi connectivity index (χ3n) is 5.05. The first kappa shape index (κ1) is 18.7. The number of aromatic nitrogens is 1. The van der Waals surface area contributed by atoms with E-state index in [4.69, 9.17) is 13.9 Å². The molecule has 1 aromatic heterocycles. The van der Waals surface area contributed by atoms with Gasteiger partial charge >= 0.3 is 0 Å². The fourth-order valence-corrected chi connectivity index (χ4v) is 3.64. The summed E-state index contributed by atoms with van der Waals surface area (Å²) in [7, 11) is 3.13. The van der Waals surface area contributed by atoms with Crippen LogP contribution in [0.25, 0.3) is 11.3 Å². The highest BCUT2D eigenvalue weighted by Gasteiger charge is 2.31. The van der Waals surface area contributed by atoms with Gasteiger partial charge in [0.05, 0.1) is 26.0 Å². The Kier molecular flexibility index (Phi) is 5.03. The molecule has 7 heteroatoms. The summed E-state index contributed by atoms with van der Waals surface area (Å²) in [5.74, 6) is 1.53. The van der Waals surface area contributed by atoms with Crippen molar-refractivity contribution in [2.75, 3.05) is 19.5 Å². The molecular formula is C22H20N2O5. The maximum atomic E-state index is 12.6. The van der Waals surface area contributed by atoms with Crippen molar-refractivity contribution in [3.05, 3.63) is 60.1 Å². The number of ether oxygens (including phenoxy) is 2. The van der Waals surface area contributed by atoms with Crippen LogP contribution in [-0.2, 0) is 4.79 Å². The van der Waals surface area contributed by atoms with Gasteiger partial charge in [-0.3, -0.25) is 9.59 Å². The average Bonchev–Trinajstić information content (AvgIpc) is 3.36. The molecule has 2 aromatic carbocycles. The molecule has 4 rings (SSSR count). The van der Waals surface area contributed by atoms with E-state index >= 15 is 0 Å². The maximum absolute atomic E-state index is 12.6. The third kappa shape index (κ3) is 3.71. The Balaban J connectivity index is 1.49. The summed E-state index contributed by atoms with van der Waals surface area (Å²) in [6.07, 6.45) is 3.47. The number of nitrogens with zero attached hydrogens (tertiary/aromatic N) is 1. The second-order valence-corrected chi connectivity index (χ2v) is 6.81. The molecule has 1 aliphatic carbocycles. The molecule has 0 bridgehead atoms. The number of amides is 1. The Morgan fingerprint density at radius 1 is 1.17 bits per heavy atom. The van der Waals surface area contributed by atoms with Crippen molar-refractivity contribution in [3.8, 4) is 22.8 Å². The molecule has 0 saturated carbocycles. The number of carbonyl (C=O) groups excluding carboxylic acids is 2. The zero-order chi connectivity index (χ0) is 20.4. The summed E-state index contributed by atoms with van der Waals surface area (Å²) in [6, 6.07) is 10.7. The van der Waals surface area contributed by atoms with Crippen molar-refractivity contribution in [1.82, 2.24) is 4.98 Å². The smallest absolute Gasteiger partial charge is 0.225 e. The topological polar surface area (TPSA) is 90.7 Å². The highest BCUT2D eigenvalue weighted by atomic mass is 16.5. The van der Waals surface area contributed by atoms with E-state index in [2.05, 4.69) is 10.3 Å². The van der Waals surface area contributed by atoms with Crippen molar-refractivity contribution in [2.45, 2.75) is 18.8 Å². The highest BCUT2D eigenvalue weighted by Crippen LogP contribution is 2.38. The van der Waals surface area contributed by atoms with Gasteiger partial charge in [-0.05, 0) is 35.9 Å². The van der Waals surface area contributed by atoms with Crippen molar-refractivity contribution < 1.29 is 23.5 Å². The normalized spacial score (nSPS) is 15.1. The van der Waals surface area contributed by atoms with Crippen LogP contribution in [-0.4, -0.2) is 30.9 Å². The summed E-state index contributed by atoms with van der Waals surface area (Å²) < 4.78 is 16.0. The minimum absolute atomic E-state index is 0.0542. The minimum Gasteiger partial charge on any atom is -0.497 e. The summed E-state index contributed by atoms with van der Waals surface area (Å²) in [5.41, 5.74) is 2.88. The lowest BCUT2D eigenvalue weighted by atomic mass is 9.97. The van der Waals surface area contributed by atoms with Crippen LogP contribution in [0.4, 0.5) is 5.69 Å². The van der Waals surface area contributed by atoms with Crippen LogP contribution in [0.2, 0.25) is 0 Å². The average molecular weight is 392 g/mol. The number of oxazole rings is 1. The number of methoxy groups -OCH3 is 2. The van der Waals surface area contributed by atoms with Gasteiger partial charge in [-0.25, -0.2) is 4.98 Å². The van der Waals surface area contributed by atoms with Crippen molar-refractivity contribution in [1.29, 1.82) is 0 Å². The molecule has 148 valence electrons. The molecule has 0 radical (unpaired) electrons. The predicted octanol–water partition coefficient (Wildman–Crippen LogP) is 4.06. The second-order valence-electron chi connectivity index (χ2n) is 6.81. The van der Waals surface area contributed by atoms with E-state index in [1.165, 1.54) is 6.39 Å². The molecule has 1 heterocycles. The number of carbonyl (C=O) groups is 2. The lowest BCUT2D eigenvalue weighted by Crippen LogP contribution is -2.15. The molecule has 0 fully saturated rings. The number of hydrogen-bond acceptors (Lipinski definition) is 6. The predicted molar refractivity (Wildman–Crippen MR) is 106 cm³/mol. The van der Waals surface area contributed by atoms with Gasteiger partial charge in [0.1, 0.15) is 11.5 Å².